The van der Waals surface area contributed by atoms with Crippen LogP contribution in [0.25, 0.3) is 0 Å². The maximum atomic E-state index is 14.5. The van der Waals surface area contributed by atoms with Crippen molar-refractivity contribution < 1.29 is 18.7 Å². The highest BCUT2D eigenvalue weighted by molar-refractivity contribution is 7.98. The van der Waals surface area contributed by atoms with Crippen molar-refractivity contribution in [3.05, 3.63) is 54.0 Å². The van der Waals surface area contributed by atoms with E-state index >= 15 is 0 Å². The molecular formula is C23H23FN6O3S. The average molecular weight is 483 g/mol. The van der Waals surface area contributed by atoms with Gasteiger partial charge in [0.15, 0.2) is 0 Å². The van der Waals surface area contributed by atoms with Gasteiger partial charge in [-0.2, -0.15) is 4.98 Å². The van der Waals surface area contributed by atoms with Crippen molar-refractivity contribution in [2.75, 3.05) is 35.4 Å². The quantitative estimate of drug-likeness (QED) is 0.411. The third kappa shape index (κ3) is 4.88. The first-order chi connectivity index (χ1) is 16.4. The van der Waals surface area contributed by atoms with Gasteiger partial charge in [0.05, 0.1) is 18.5 Å². The summed E-state index contributed by atoms with van der Waals surface area (Å²) in [6.07, 6.45) is 4.40. The zero-order chi connectivity index (χ0) is 24.2. The fourth-order valence-corrected chi connectivity index (χ4v) is 4.14. The lowest BCUT2D eigenvalue weighted by molar-refractivity contribution is -0.117. The lowest BCUT2D eigenvalue weighted by Crippen LogP contribution is -2.23. The number of anilines is 5. The number of hydrogen-bond donors (Lipinski definition) is 3. The summed E-state index contributed by atoms with van der Waals surface area (Å²) in [5, 5.41) is 5.95. The topological polar surface area (TPSA) is 122 Å². The van der Waals surface area contributed by atoms with Crippen LogP contribution in [0.5, 0.6) is 5.75 Å². The van der Waals surface area contributed by atoms with Crippen molar-refractivity contribution in [3.63, 3.8) is 0 Å². The summed E-state index contributed by atoms with van der Waals surface area (Å²) in [5.74, 6) is -0.356. The van der Waals surface area contributed by atoms with Gasteiger partial charge < -0.3 is 26.0 Å². The molecule has 3 aromatic rings. The lowest BCUT2D eigenvalue weighted by atomic mass is 10.2. The molecule has 1 fully saturated rings. The smallest absolute Gasteiger partial charge is 0.254 e. The van der Waals surface area contributed by atoms with Gasteiger partial charge in [0.2, 0.25) is 11.9 Å². The van der Waals surface area contributed by atoms with Gasteiger partial charge in [0.25, 0.3) is 5.91 Å². The van der Waals surface area contributed by atoms with Crippen molar-refractivity contribution in [1.29, 1.82) is 0 Å². The number of nitrogens with two attached hydrogens (primary N) is 1. The summed E-state index contributed by atoms with van der Waals surface area (Å²) in [7, 11) is 1.58. The molecule has 0 unspecified atom stereocenters. The molecular weight excluding hydrogens is 459 g/mol. The van der Waals surface area contributed by atoms with E-state index in [1.54, 1.807) is 30.2 Å². The molecule has 11 heteroatoms. The zero-order valence-corrected chi connectivity index (χ0v) is 19.4. The monoisotopic (exact) mass is 482 g/mol. The summed E-state index contributed by atoms with van der Waals surface area (Å²) in [5.41, 5.74) is 6.95. The molecule has 0 radical (unpaired) electrons. The highest BCUT2D eigenvalue weighted by Gasteiger charge is 2.23. The largest absolute Gasteiger partial charge is 0.497 e. The van der Waals surface area contributed by atoms with E-state index in [1.807, 2.05) is 12.3 Å². The van der Waals surface area contributed by atoms with Crippen LogP contribution in [-0.4, -0.2) is 41.7 Å². The number of thioether (sulfide) groups is 1. The first-order valence-electron chi connectivity index (χ1n) is 10.4. The number of hydrogen-bond acceptors (Lipinski definition) is 8. The Labute approximate surface area is 199 Å². The number of carbonyl (C=O) groups is 2. The number of aromatic nitrogens is 2. The molecule has 0 atom stereocenters. The number of ether oxygens (including phenoxy) is 1. The van der Waals surface area contributed by atoms with Gasteiger partial charge in [-0.1, -0.05) is 0 Å². The maximum absolute atomic E-state index is 14.5. The van der Waals surface area contributed by atoms with E-state index in [9.17, 15) is 14.0 Å². The van der Waals surface area contributed by atoms with Crippen LogP contribution < -0.4 is 26.0 Å². The molecule has 4 rings (SSSR count). The normalized spacial score (nSPS) is 13.1. The molecule has 34 heavy (non-hydrogen) atoms. The van der Waals surface area contributed by atoms with E-state index in [0.29, 0.717) is 30.1 Å². The van der Waals surface area contributed by atoms with E-state index in [1.165, 1.54) is 30.1 Å². The fraction of sp³-hybridized carbons (Fsp3) is 0.217. The van der Waals surface area contributed by atoms with Crippen LogP contribution in [0.1, 0.15) is 23.2 Å². The Morgan fingerprint density at radius 3 is 2.71 bits per heavy atom. The van der Waals surface area contributed by atoms with Gasteiger partial charge in [-0.25, -0.2) is 9.37 Å². The van der Waals surface area contributed by atoms with Crippen LogP contribution in [0.4, 0.5) is 33.2 Å². The number of halogens is 1. The minimum atomic E-state index is -0.714. The standard InChI is InChI=1S/C23H23FN6O3S/c1-33-14-6-8-17(19(11-14)34-2)27-22-15(21(25)32)12-26-23(29-22)28-18-10-13(5-7-16(18)24)30-9-3-4-20(30)31/h5-8,10-12H,3-4,9H2,1-2H3,(H2,25,32)(H2,26,27,28,29). The number of carbonyl (C=O) groups excluding carboxylic acids is 2. The van der Waals surface area contributed by atoms with Crippen molar-refractivity contribution in [3.8, 4) is 5.75 Å². The Kier molecular flexibility index (Phi) is 6.82. The van der Waals surface area contributed by atoms with E-state index in [4.69, 9.17) is 10.5 Å². The van der Waals surface area contributed by atoms with Gasteiger partial charge in [0.1, 0.15) is 22.9 Å². The number of rotatable bonds is 8. The second kappa shape index (κ2) is 9.96. The van der Waals surface area contributed by atoms with Crippen molar-refractivity contribution >= 4 is 52.4 Å². The average Bonchev–Trinajstić information content (AvgIpc) is 3.26. The highest BCUT2D eigenvalue weighted by Crippen LogP contribution is 2.33. The molecule has 9 nitrogen and oxygen atoms in total. The zero-order valence-electron chi connectivity index (χ0n) is 18.6. The van der Waals surface area contributed by atoms with Crippen molar-refractivity contribution in [1.82, 2.24) is 9.97 Å². The van der Waals surface area contributed by atoms with Gasteiger partial charge in [-0.3, -0.25) is 9.59 Å². The summed E-state index contributed by atoms with van der Waals surface area (Å²) in [4.78, 5) is 35.0. The van der Waals surface area contributed by atoms with Crippen LogP contribution >= 0.6 is 11.8 Å². The first kappa shape index (κ1) is 23.3. The van der Waals surface area contributed by atoms with Crippen LogP contribution in [-0.2, 0) is 4.79 Å². The Bertz CT molecular complexity index is 1260. The number of nitrogens with zero attached hydrogens (tertiary/aromatic N) is 3. The minimum Gasteiger partial charge on any atom is -0.497 e. The SMILES string of the molecule is COc1ccc(Nc2nc(Nc3cc(N4CCCC4=O)ccc3F)ncc2C(N)=O)c(SC)c1. The third-order valence-electron chi connectivity index (χ3n) is 5.30. The second-order valence-electron chi connectivity index (χ2n) is 7.45. The van der Waals surface area contributed by atoms with Crippen molar-refractivity contribution in [2.45, 2.75) is 17.7 Å². The Hall–Kier alpha value is -3.86. The predicted octanol–water partition coefficient (Wildman–Crippen LogP) is 4.06. The Morgan fingerprint density at radius 2 is 2.03 bits per heavy atom. The summed E-state index contributed by atoms with van der Waals surface area (Å²) in [6.45, 7) is 0.585. The number of methoxy groups -OCH3 is 1. The maximum Gasteiger partial charge on any atom is 0.254 e. The molecule has 0 bridgehead atoms. The minimum absolute atomic E-state index is 0.00445. The number of primary amides is 1. The third-order valence-corrected chi connectivity index (χ3v) is 6.08. The molecule has 2 aromatic carbocycles. The van der Waals surface area contributed by atoms with Gasteiger partial charge in [-0.15, -0.1) is 11.8 Å². The van der Waals surface area contributed by atoms with Gasteiger partial charge in [0, 0.05) is 29.7 Å². The van der Waals surface area contributed by atoms with E-state index < -0.39 is 11.7 Å². The van der Waals surface area contributed by atoms with Crippen molar-refractivity contribution in [2.24, 2.45) is 5.73 Å². The second-order valence-corrected chi connectivity index (χ2v) is 8.30. The molecule has 1 aliphatic rings. The molecule has 1 saturated heterocycles. The van der Waals surface area contributed by atoms with Crippen LogP contribution in [0.15, 0.2) is 47.5 Å². The van der Waals surface area contributed by atoms with Gasteiger partial charge in [-0.05, 0) is 49.1 Å². The molecule has 0 spiro atoms. The molecule has 176 valence electrons. The molecule has 1 aromatic heterocycles. The number of benzene rings is 2. The van der Waals surface area contributed by atoms with Gasteiger partial charge >= 0.3 is 0 Å². The number of amides is 2. The highest BCUT2D eigenvalue weighted by atomic mass is 32.2. The van der Waals surface area contributed by atoms with E-state index in [-0.39, 0.29) is 28.9 Å². The molecule has 0 aliphatic carbocycles. The Balaban J connectivity index is 1.66. The molecule has 2 heterocycles. The summed E-state index contributed by atoms with van der Waals surface area (Å²) >= 11 is 1.48. The Morgan fingerprint density at radius 1 is 1.21 bits per heavy atom. The first-order valence-corrected chi connectivity index (χ1v) is 11.6. The van der Waals surface area contributed by atoms with Crippen LogP contribution in [0.2, 0.25) is 0 Å². The summed E-state index contributed by atoms with van der Waals surface area (Å²) in [6, 6.07) is 9.78. The fourth-order valence-electron chi connectivity index (χ4n) is 3.57. The van der Waals surface area contributed by atoms with Crippen LogP contribution in [0.3, 0.4) is 0 Å². The van der Waals surface area contributed by atoms with E-state index in [0.717, 1.165) is 11.3 Å². The lowest BCUT2D eigenvalue weighted by Gasteiger charge is -2.18. The molecule has 0 saturated carbocycles. The predicted molar refractivity (Wildman–Crippen MR) is 130 cm³/mol. The molecule has 2 amide bonds. The number of nitrogens with one attached hydrogen (secondary N) is 2. The molecule has 4 N–H and O–H groups in total. The summed E-state index contributed by atoms with van der Waals surface area (Å²) < 4.78 is 19.8. The van der Waals surface area contributed by atoms with Crippen LogP contribution in [0, 0.1) is 5.82 Å². The molecule has 1 aliphatic heterocycles. The van der Waals surface area contributed by atoms with E-state index in [2.05, 4.69) is 20.6 Å².